The molecule has 5 nitrogen and oxygen atoms in total. The first-order valence-electron chi connectivity index (χ1n) is 8.77. The average molecular weight is 409 g/mol. The number of hydrogen-bond donors (Lipinski definition) is 0. The minimum atomic E-state index is -0.686. The van der Waals surface area contributed by atoms with E-state index in [1.165, 1.54) is 4.90 Å². The van der Waals surface area contributed by atoms with Crippen LogP contribution >= 0.6 is 22.9 Å². The van der Waals surface area contributed by atoms with Crippen molar-refractivity contribution in [2.75, 3.05) is 26.8 Å². The second-order valence-corrected chi connectivity index (χ2v) is 7.87. The summed E-state index contributed by atoms with van der Waals surface area (Å²) in [5.74, 6) is -0.383. The van der Waals surface area contributed by atoms with Crippen LogP contribution in [-0.4, -0.2) is 53.8 Å². The molecule has 0 aliphatic heterocycles. The molecular formula is C20H25ClN2O3S. The van der Waals surface area contributed by atoms with Crippen LogP contribution in [0.2, 0.25) is 0 Å². The molecule has 1 heterocycles. The second kappa shape index (κ2) is 11.1. The Kier molecular flexibility index (Phi) is 8.78. The van der Waals surface area contributed by atoms with Gasteiger partial charge in [0.05, 0.1) is 19.7 Å². The van der Waals surface area contributed by atoms with Crippen molar-refractivity contribution in [1.29, 1.82) is 0 Å². The smallest absolute Gasteiger partial charge is 0.242 e. The quantitative estimate of drug-likeness (QED) is 0.566. The zero-order chi connectivity index (χ0) is 19.6. The molecule has 2 aromatic rings. The summed E-state index contributed by atoms with van der Waals surface area (Å²) in [6.07, 6.45) is 0. The van der Waals surface area contributed by atoms with Gasteiger partial charge in [0.1, 0.15) is 5.38 Å². The van der Waals surface area contributed by atoms with E-state index in [9.17, 15) is 9.59 Å². The molecule has 0 aliphatic carbocycles. The Morgan fingerprint density at radius 1 is 1.11 bits per heavy atom. The van der Waals surface area contributed by atoms with Gasteiger partial charge in [-0.3, -0.25) is 9.59 Å². The highest BCUT2D eigenvalue weighted by Crippen LogP contribution is 2.15. The maximum atomic E-state index is 13.0. The minimum absolute atomic E-state index is 0.0164. The molecular weight excluding hydrogens is 384 g/mol. The maximum absolute atomic E-state index is 13.0. The number of carbonyl (C=O) groups is 2. The lowest BCUT2D eigenvalue weighted by molar-refractivity contribution is -0.141. The highest BCUT2D eigenvalue weighted by Gasteiger charge is 2.24. The summed E-state index contributed by atoms with van der Waals surface area (Å²) in [6.45, 7) is 3.27. The van der Waals surface area contributed by atoms with Crippen molar-refractivity contribution in [2.45, 2.75) is 25.4 Å². The van der Waals surface area contributed by atoms with Gasteiger partial charge < -0.3 is 14.5 Å². The average Bonchev–Trinajstić information content (AvgIpc) is 3.17. The first-order chi connectivity index (χ1) is 13.0. The van der Waals surface area contributed by atoms with E-state index in [1.807, 2.05) is 47.8 Å². The third-order valence-electron chi connectivity index (χ3n) is 4.04. The zero-order valence-corrected chi connectivity index (χ0v) is 17.2. The number of benzene rings is 1. The number of ether oxygens (including phenoxy) is 1. The summed E-state index contributed by atoms with van der Waals surface area (Å²) in [4.78, 5) is 29.7. The van der Waals surface area contributed by atoms with Gasteiger partial charge in [0.25, 0.3) is 0 Å². The highest BCUT2D eigenvalue weighted by molar-refractivity contribution is 7.09. The van der Waals surface area contributed by atoms with Gasteiger partial charge in [-0.05, 0) is 23.9 Å². The second-order valence-electron chi connectivity index (χ2n) is 6.18. The first kappa shape index (κ1) is 21.4. The van der Waals surface area contributed by atoms with E-state index in [2.05, 4.69) is 0 Å². The van der Waals surface area contributed by atoms with Crippen LogP contribution in [0.4, 0.5) is 0 Å². The Morgan fingerprint density at radius 2 is 1.85 bits per heavy atom. The molecule has 7 heteroatoms. The van der Waals surface area contributed by atoms with Gasteiger partial charge in [0.15, 0.2) is 0 Å². The molecule has 0 fully saturated rings. The monoisotopic (exact) mass is 408 g/mol. The predicted molar refractivity (Wildman–Crippen MR) is 109 cm³/mol. The Bertz CT molecular complexity index is 707. The number of carbonyl (C=O) groups excluding carboxylic acids is 2. The number of methoxy groups -OCH3 is 1. The van der Waals surface area contributed by atoms with Gasteiger partial charge in [-0.25, -0.2) is 0 Å². The molecule has 0 radical (unpaired) electrons. The van der Waals surface area contributed by atoms with Crippen molar-refractivity contribution < 1.29 is 14.3 Å². The van der Waals surface area contributed by atoms with E-state index < -0.39 is 5.38 Å². The lowest BCUT2D eigenvalue weighted by Gasteiger charge is -2.28. The zero-order valence-electron chi connectivity index (χ0n) is 15.6. The van der Waals surface area contributed by atoms with E-state index in [4.69, 9.17) is 16.3 Å². The van der Waals surface area contributed by atoms with Crippen LogP contribution in [-0.2, 0) is 27.4 Å². The molecule has 1 unspecified atom stereocenters. The molecule has 0 saturated carbocycles. The van der Waals surface area contributed by atoms with E-state index in [0.29, 0.717) is 26.2 Å². The fourth-order valence-corrected chi connectivity index (χ4v) is 3.47. The normalized spacial score (nSPS) is 11.8. The molecule has 1 atom stereocenters. The van der Waals surface area contributed by atoms with Crippen molar-refractivity contribution in [3.8, 4) is 0 Å². The Balaban J connectivity index is 2.13. The Labute approximate surface area is 169 Å². The van der Waals surface area contributed by atoms with Gasteiger partial charge in [-0.2, -0.15) is 0 Å². The number of alkyl halides is 1. The van der Waals surface area contributed by atoms with Crippen LogP contribution in [0.3, 0.4) is 0 Å². The molecule has 1 aromatic heterocycles. The third-order valence-corrected chi connectivity index (χ3v) is 5.09. The van der Waals surface area contributed by atoms with Gasteiger partial charge in [0, 0.05) is 25.1 Å². The maximum Gasteiger partial charge on any atom is 0.242 e. The third kappa shape index (κ3) is 6.97. The van der Waals surface area contributed by atoms with Crippen molar-refractivity contribution in [1.82, 2.24) is 9.80 Å². The first-order valence-corrected chi connectivity index (χ1v) is 10.1. The molecule has 27 heavy (non-hydrogen) atoms. The van der Waals surface area contributed by atoms with Crippen LogP contribution in [0.1, 0.15) is 17.4 Å². The topological polar surface area (TPSA) is 49.9 Å². The molecule has 0 spiro atoms. The number of halogens is 1. The Hall–Kier alpha value is -1.89. The Morgan fingerprint density at radius 3 is 2.44 bits per heavy atom. The molecule has 0 N–H and O–H groups in total. The van der Waals surface area contributed by atoms with Crippen molar-refractivity contribution in [3.63, 3.8) is 0 Å². The minimum Gasteiger partial charge on any atom is -0.383 e. The van der Waals surface area contributed by atoms with Crippen LogP contribution < -0.4 is 0 Å². The largest absolute Gasteiger partial charge is 0.383 e. The van der Waals surface area contributed by atoms with Crippen LogP contribution in [0.5, 0.6) is 0 Å². The SMILES string of the molecule is COCCN(CC(=O)N(Cc1ccccc1)Cc1cccs1)C(=O)C(C)Cl. The molecule has 1 aromatic carbocycles. The molecule has 0 bridgehead atoms. The molecule has 2 rings (SSSR count). The van der Waals surface area contributed by atoms with Crippen LogP contribution in [0.25, 0.3) is 0 Å². The number of amides is 2. The summed E-state index contributed by atoms with van der Waals surface area (Å²) in [7, 11) is 1.56. The highest BCUT2D eigenvalue weighted by atomic mass is 35.5. The van der Waals surface area contributed by atoms with Crippen LogP contribution in [0.15, 0.2) is 47.8 Å². The fourth-order valence-electron chi connectivity index (χ4n) is 2.61. The fraction of sp³-hybridized carbons (Fsp3) is 0.400. The summed E-state index contributed by atoms with van der Waals surface area (Å²) in [5, 5.41) is 1.30. The van der Waals surface area contributed by atoms with Gasteiger partial charge >= 0.3 is 0 Å². The summed E-state index contributed by atoms with van der Waals surface area (Å²) in [5.41, 5.74) is 1.04. The van der Waals surface area contributed by atoms with Crippen molar-refractivity contribution in [3.05, 3.63) is 58.3 Å². The standard InChI is InChI=1S/C20H25ClN2O3S/c1-16(21)20(25)22(10-11-26-2)15-19(24)23(14-18-9-6-12-27-18)13-17-7-4-3-5-8-17/h3-9,12,16H,10-11,13-15H2,1-2H3. The van der Waals surface area contributed by atoms with Gasteiger partial charge in [-0.1, -0.05) is 36.4 Å². The summed E-state index contributed by atoms with van der Waals surface area (Å²) in [6, 6.07) is 13.8. The van der Waals surface area contributed by atoms with E-state index in [1.54, 1.807) is 30.3 Å². The molecule has 146 valence electrons. The number of rotatable bonds is 10. The summed E-state index contributed by atoms with van der Waals surface area (Å²) < 4.78 is 5.06. The number of hydrogen-bond acceptors (Lipinski definition) is 4. The van der Waals surface area contributed by atoms with Crippen molar-refractivity contribution in [2.24, 2.45) is 0 Å². The van der Waals surface area contributed by atoms with E-state index in [0.717, 1.165) is 10.4 Å². The van der Waals surface area contributed by atoms with E-state index >= 15 is 0 Å². The number of nitrogens with zero attached hydrogens (tertiary/aromatic N) is 2. The summed E-state index contributed by atoms with van der Waals surface area (Å²) >= 11 is 7.56. The van der Waals surface area contributed by atoms with E-state index in [-0.39, 0.29) is 18.4 Å². The van der Waals surface area contributed by atoms with Crippen molar-refractivity contribution >= 4 is 34.8 Å². The number of thiophene rings is 1. The lowest BCUT2D eigenvalue weighted by Crippen LogP contribution is -2.45. The predicted octanol–water partition coefficient (Wildman–Crippen LogP) is 3.38. The molecule has 0 saturated heterocycles. The lowest BCUT2D eigenvalue weighted by atomic mass is 10.2. The van der Waals surface area contributed by atoms with Gasteiger partial charge in [0.2, 0.25) is 11.8 Å². The van der Waals surface area contributed by atoms with Gasteiger partial charge in [-0.15, -0.1) is 22.9 Å². The molecule has 0 aliphatic rings. The molecule has 2 amide bonds. The van der Waals surface area contributed by atoms with Crippen LogP contribution in [0, 0.1) is 0 Å².